The van der Waals surface area contributed by atoms with Gasteiger partial charge in [0.05, 0.1) is 0 Å². The number of nitriles is 1. The van der Waals surface area contributed by atoms with Gasteiger partial charge in [0.1, 0.15) is 4.90 Å². The predicted molar refractivity (Wildman–Crippen MR) is 46.1 cm³/mol. The molecule has 0 amide bonds. The highest BCUT2D eigenvalue weighted by Gasteiger charge is 2.17. The molecule has 1 atom stereocenters. The zero-order chi connectivity index (χ0) is 9.03. The minimum Gasteiger partial charge on any atom is -0.272 e. The van der Waals surface area contributed by atoms with E-state index in [9.17, 15) is 8.76 Å². The third kappa shape index (κ3) is 1.80. The van der Waals surface area contributed by atoms with E-state index in [0.717, 1.165) is 0 Å². The van der Waals surface area contributed by atoms with Gasteiger partial charge in [-0.2, -0.15) is 4.21 Å². The molecular weight excluding hydrogens is 174 g/mol. The fourth-order valence-corrected chi connectivity index (χ4v) is 1.49. The van der Waals surface area contributed by atoms with Crippen LogP contribution in [0.4, 0.5) is 0 Å². The van der Waals surface area contributed by atoms with Gasteiger partial charge in [-0.05, 0) is 12.1 Å². The summed E-state index contributed by atoms with van der Waals surface area (Å²) in [5.41, 5.74) is 0. The minimum atomic E-state index is -3.37. The van der Waals surface area contributed by atoms with Crippen molar-refractivity contribution in [2.45, 2.75) is 4.90 Å². The maximum atomic E-state index is 11.2. The van der Waals surface area contributed by atoms with Crippen LogP contribution in [0.25, 0.3) is 0 Å². The van der Waals surface area contributed by atoms with E-state index in [4.69, 9.17) is 5.26 Å². The standard InChI is InChI=1S/C8H5NO2S/c9-6-7-12(10,11)8-4-2-1-3-5-8/h1-5H/p+1. The number of hydrogen-bond acceptors (Lipinski definition) is 2. The summed E-state index contributed by atoms with van der Waals surface area (Å²) in [4.78, 5) is 0.201. The summed E-state index contributed by atoms with van der Waals surface area (Å²) in [5.74, 6) is 0. The Balaban J connectivity index is 3.28. The van der Waals surface area contributed by atoms with Gasteiger partial charge < -0.3 is 0 Å². The fraction of sp³-hybridized carbons (Fsp3) is 0. The van der Waals surface area contributed by atoms with Crippen molar-refractivity contribution >= 4 is 15.2 Å². The van der Waals surface area contributed by atoms with Gasteiger partial charge in [0.2, 0.25) is 0 Å². The van der Waals surface area contributed by atoms with Crippen molar-refractivity contribution in [1.82, 2.24) is 0 Å². The number of hydrogen-bond donors (Lipinski definition) is 1. The highest BCUT2D eigenvalue weighted by molar-refractivity contribution is 7.96. The molecule has 0 bridgehead atoms. The van der Waals surface area contributed by atoms with Gasteiger partial charge in [0.25, 0.3) is 0 Å². The number of rotatable bonds is 1. The van der Waals surface area contributed by atoms with Crippen LogP contribution in [0.2, 0.25) is 0 Å². The maximum Gasteiger partial charge on any atom is 0.454 e. The molecule has 1 aromatic rings. The average molecular weight is 180 g/mol. The molecule has 0 spiro atoms. The van der Waals surface area contributed by atoms with Crippen molar-refractivity contribution in [1.29, 1.82) is 5.26 Å². The molecule has 0 radical (unpaired) electrons. The summed E-state index contributed by atoms with van der Waals surface area (Å²) in [6.07, 6.45) is 0. The molecule has 1 rings (SSSR count). The summed E-state index contributed by atoms with van der Waals surface area (Å²) in [6, 6.07) is 9.37. The predicted octanol–water partition coefficient (Wildman–Crippen LogP) is 1.01. The number of nitrogens with zero attached hydrogens (tertiary/aromatic N) is 1. The van der Waals surface area contributed by atoms with Gasteiger partial charge in [0, 0.05) is 0 Å². The molecule has 0 saturated carbocycles. The van der Waals surface area contributed by atoms with Gasteiger partial charge in [0.15, 0.2) is 0 Å². The molecule has 1 aromatic carbocycles. The first kappa shape index (κ1) is 8.69. The molecule has 1 N–H and O–H groups in total. The van der Waals surface area contributed by atoms with Crippen molar-refractivity contribution in [3.8, 4) is 6.07 Å². The Kier molecular flexibility index (Phi) is 2.41. The van der Waals surface area contributed by atoms with Crippen LogP contribution >= 0.6 is 0 Å². The van der Waals surface area contributed by atoms with Crippen molar-refractivity contribution < 1.29 is 8.76 Å². The first-order chi connectivity index (χ1) is 5.67. The van der Waals surface area contributed by atoms with Crippen molar-refractivity contribution in [3.63, 3.8) is 0 Å². The average Bonchev–Trinajstić information content (AvgIpc) is 2.06. The Hall–Kier alpha value is -1.40. The van der Waals surface area contributed by atoms with Crippen LogP contribution in [0.15, 0.2) is 35.2 Å². The van der Waals surface area contributed by atoms with Gasteiger partial charge in [-0.1, -0.05) is 18.2 Å². The molecule has 60 valence electrons. The molecule has 0 aliphatic rings. The van der Waals surface area contributed by atoms with E-state index < -0.39 is 9.80 Å². The largest absolute Gasteiger partial charge is 0.454 e. The van der Waals surface area contributed by atoms with Crippen LogP contribution < -0.4 is 0 Å². The lowest BCUT2D eigenvalue weighted by Gasteiger charge is -1.90. The summed E-state index contributed by atoms with van der Waals surface area (Å²) < 4.78 is 20.4. The molecule has 0 aliphatic heterocycles. The minimum absolute atomic E-state index is 0.201. The van der Waals surface area contributed by atoms with E-state index in [1.165, 1.54) is 18.2 Å². The second-order valence-corrected chi connectivity index (χ2v) is 3.78. The molecule has 1 unspecified atom stereocenters. The summed E-state index contributed by atoms with van der Waals surface area (Å²) in [5, 5.41) is 9.99. The van der Waals surface area contributed by atoms with Gasteiger partial charge in [-0.15, -0.1) is 5.26 Å². The first-order valence-electron chi connectivity index (χ1n) is 3.14. The van der Waals surface area contributed by atoms with Crippen molar-refractivity contribution in [3.05, 3.63) is 30.3 Å². The second-order valence-electron chi connectivity index (χ2n) is 2.05. The number of benzene rings is 1. The molecule has 0 fully saturated rings. The quantitative estimate of drug-likeness (QED) is 0.518. The lowest BCUT2D eigenvalue weighted by molar-refractivity contribution is 0.560. The highest BCUT2D eigenvalue weighted by atomic mass is 32.2. The Morgan fingerprint density at radius 1 is 1.42 bits per heavy atom. The van der Waals surface area contributed by atoms with Crippen LogP contribution in [0.5, 0.6) is 0 Å². The lowest BCUT2D eigenvalue weighted by Crippen LogP contribution is -2.00. The van der Waals surface area contributed by atoms with Crippen LogP contribution in [0.1, 0.15) is 0 Å². The van der Waals surface area contributed by atoms with Crippen LogP contribution in [-0.4, -0.2) is 14.1 Å². The van der Waals surface area contributed by atoms with E-state index in [1.807, 2.05) is 5.37 Å². The Bertz CT molecular complexity index is 410. The zero-order valence-corrected chi connectivity index (χ0v) is 6.91. The summed E-state index contributed by atoms with van der Waals surface area (Å²) in [7, 11) is -3.37. The smallest absolute Gasteiger partial charge is 0.272 e. The Morgan fingerprint density at radius 3 is 2.50 bits per heavy atom. The Labute approximate surface area is 71.1 Å². The van der Waals surface area contributed by atoms with E-state index in [1.54, 1.807) is 18.2 Å². The molecule has 12 heavy (non-hydrogen) atoms. The Morgan fingerprint density at radius 2 is 2.00 bits per heavy atom. The molecule has 0 saturated heterocycles. The second kappa shape index (κ2) is 3.33. The lowest BCUT2D eigenvalue weighted by atomic mass is 10.4. The molecule has 0 aliphatic carbocycles. The first-order valence-corrected chi connectivity index (χ1v) is 4.66. The molecular formula is C8H6NO2S+. The summed E-state index contributed by atoms with van der Waals surface area (Å²) >= 11 is 0. The molecule has 3 nitrogen and oxygen atoms in total. The zero-order valence-electron chi connectivity index (χ0n) is 6.10. The van der Waals surface area contributed by atoms with Crippen LogP contribution in [0.3, 0.4) is 0 Å². The van der Waals surface area contributed by atoms with Crippen LogP contribution in [-0.2, 0) is 9.80 Å². The highest BCUT2D eigenvalue weighted by Crippen LogP contribution is 2.06. The van der Waals surface area contributed by atoms with Crippen LogP contribution in [0, 0.1) is 11.3 Å². The topological polar surface area (TPSA) is 61.1 Å². The van der Waals surface area contributed by atoms with E-state index in [-0.39, 0.29) is 4.90 Å². The SMILES string of the molecule is N#C[C+]=S(=O)(O)c1ccccc1. The van der Waals surface area contributed by atoms with E-state index >= 15 is 0 Å². The van der Waals surface area contributed by atoms with Gasteiger partial charge >= 0.3 is 21.2 Å². The third-order valence-corrected chi connectivity index (χ3v) is 2.53. The van der Waals surface area contributed by atoms with E-state index in [0.29, 0.717) is 0 Å². The molecule has 4 heteroatoms. The monoisotopic (exact) mass is 180 g/mol. The van der Waals surface area contributed by atoms with Gasteiger partial charge in [-0.3, -0.25) is 4.55 Å². The normalized spacial score (nSPS) is 14.0. The van der Waals surface area contributed by atoms with Crippen molar-refractivity contribution in [2.24, 2.45) is 0 Å². The van der Waals surface area contributed by atoms with E-state index in [2.05, 4.69) is 0 Å². The molecule has 0 aromatic heterocycles. The fourth-order valence-electron chi connectivity index (χ4n) is 0.726. The summed E-state index contributed by atoms with van der Waals surface area (Å²) in [6.45, 7) is 0. The maximum absolute atomic E-state index is 11.2. The molecule has 0 heterocycles. The van der Waals surface area contributed by atoms with Gasteiger partial charge in [-0.25, -0.2) is 0 Å². The van der Waals surface area contributed by atoms with Crippen molar-refractivity contribution in [2.75, 3.05) is 0 Å². The third-order valence-electron chi connectivity index (χ3n) is 1.25.